The molecule has 0 N–H and O–H groups in total. The molecule has 108 valence electrons. The van der Waals surface area contributed by atoms with Gasteiger partial charge >= 0.3 is 5.69 Å². The maximum atomic E-state index is 11.3. The minimum Gasteiger partial charge on any atom is -0.258 e. The van der Waals surface area contributed by atoms with Gasteiger partial charge in [-0.15, -0.1) is 0 Å². The van der Waals surface area contributed by atoms with E-state index in [1.807, 2.05) is 19.9 Å². The molecule has 1 heterocycles. The van der Waals surface area contributed by atoms with Gasteiger partial charge in [0.05, 0.1) is 21.2 Å². The second kappa shape index (κ2) is 5.94. The van der Waals surface area contributed by atoms with E-state index in [-0.39, 0.29) is 11.3 Å². The number of nitrogens with zero attached hydrogens (tertiary/aromatic N) is 4. The molecule has 0 saturated heterocycles. The Kier molecular flexibility index (Phi) is 4.24. The number of aryl methyl sites for hydroxylation is 1. The zero-order chi connectivity index (χ0) is 15.6. The Balaban J connectivity index is 2.80. The fourth-order valence-electron chi connectivity index (χ4n) is 2.26. The lowest BCUT2D eigenvalue weighted by molar-refractivity contribution is -0.386. The van der Waals surface area contributed by atoms with Crippen molar-refractivity contribution in [3.05, 3.63) is 50.3 Å². The van der Waals surface area contributed by atoms with Crippen LogP contribution in [0.4, 0.5) is 5.69 Å². The molecule has 0 amide bonds. The van der Waals surface area contributed by atoms with Crippen LogP contribution in [0.15, 0.2) is 18.2 Å². The van der Waals surface area contributed by atoms with Crippen LogP contribution < -0.4 is 0 Å². The van der Waals surface area contributed by atoms with Crippen LogP contribution in [0, 0.1) is 21.4 Å². The van der Waals surface area contributed by atoms with Gasteiger partial charge in [-0.1, -0.05) is 31.5 Å². The number of benzene rings is 1. The Hall–Kier alpha value is -2.39. The number of hydrogen-bond acceptors (Lipinski definition) is 4. The first-order valence-corrected chi connectivity index (χ1v) is 6.87. The average molecular weight is 305 g/mol. The molecule has 0 atom stereocenters. The van der Waals surface area contributed by atoms with E-state index in [1.54, 1.807) is 18.2 Å². The molecule has 2 rings (SSSR count). The highest BCUT2D eigenvalue weighted by Gasteiger charge is 2.27. The molecule has 2 aromatic rings. The summed E-state index contributed by atoms with van der Waals surface area (Å²) in [5.74, 6) is 0. The maximum Gasteiger partial charge on any atom is 0.313 e. The highest BCUT2D eigenvalue weighted by atomic mass is 35.5. The molecule has 21 heavy (non-hydrogen) atoms. The van der Waals surface area contributed by atoms with Gasteiger partial charge < -0.3 is 0 Å². The van der Waals surface area contributed by atoms with Gasteiger partial charge in [0.1, 0.15) is 17.5 Å². The normalized spacial score (nSPS) is 10.4. The zero-order valence-electron chi connectivity index (χ0n) is 11.6. The van der Waals surface area contributed by atoms with Gasteiger partial charge in [0.2, 0.25) is 0 Å². The molecule has 0 saturated carbocycles. The van der Waals surface area contributed by atoms with E-state index < -0.39 is 4.92 Å². The van der Waals surface area contributed by atoms with Gasteiger partial charge in [-0.2, -0.15) is 10.4 Å². The Morgan fingerprint density at radius 2 is 2.14 bits per heavy atom. The predicted octanol–water partition coefficient (Wildman–Crippen LogP) is 3.43. The first-order valence-electron chi connectivity index (χ1n) is 6.49. The molecule has 1 aromatic heterocycles. The number of halogens is 1. The summed E-state index contributed by atoms with van der Waals surface area (Å²) in [5.41, 5.74) is 1.61. The van der Waals surface area contributed by atoms with Crippen LogP contribution in [0.25, 0.3) is 5.69 Å². The molecular weight excluding hydrogens is 292 g/mol. The Morgan fingerprint density at radius 3 is 2.67 bits per heavy atom. The molecule has 1 aromatic carbocycles. The lowest BCUT2D eigenvalue weighted by Gasteiger charge is -2.08. The van der Waals surface area contributed by atoms with E-state index >= 15 is 0 Å². The van der Waals surface area contributed by atoms with Crippen molar-refractivity contribution in [2.24, 2.45) is 0 Å². The van der Waals surface area contributed by atoms with E-state index in [0.29, 0.717) is 34.9 Å². The van der Waals surface area contributed by atoms with E-state index in [9.17, 15) is 15.4 Å². The smallest absolute Gasteiger partial charge is 0.258 e. The van der Waals surface area contributed by atoms with Crippen molar-refractivity contribution in [2.75, 3.05) is 0 Å². The summed E-state index contributed by atoms with van der Waals surface area (Å²) in [7, 11) is 0. The molecule has 0 aliphatic heterocycles. The summed E-state index contributed by atoms with van der Waals surface area (Å²) >= 11 is 6.02. The lowest BCUT2D eigenvalue weighted by Crippen LogP contribution is -2.05. The van der Waals surface area contributed by atoms with E-state index in [4.69, 9.17) is 11.6 Å². The van der Waals surface area contributed by atoms with Gasteiger partial charge in [-0.25, -0.2) is 4.68 Å². The van der Waals surface area contributed by atoms with Gasteiger partial charge in [0.15, 0.2) is 0 Å². The number of hydrogen-bond donors (Lipinski definition) is 0. The molecule has 6 nitrogen and oxygen atoms in total. The van der Waals surface area contributed by atoms with Crippen LogP contribution >= 0.6 is 11.6 Å². The molecular formula is C14H13ClN4O2. The molecule has 0 aliphatic carbocycles. The minimum atomic E-state index is -0.419. The van der Waals surface area contributed by atoms with Crippen LogP contribution in [-0.2, 0) is 12.8 Å². The van der Waals surface area contributed by atoms with Gasteiger partial charge in [-0.3, -0.25) is 10.1 Å². The second-order valence-corrected chi connectivity index (χ2v) is 4.77. The average Bonchev–Trinajstić information content (AvgIpc) is 2.85. The fourth-order valence-corrected chi connectivity index (χ4v) is 2.47. The van der Waals surface area contributed by atoms with Crippen LogP contribution in [0.2, 0.25) is 5.02 Å². The van der Waals surface area contributed by atoms with Crippen molar-refractivity contribution in [3.8, 4) is 11.8 Å². The zero-order valence-corrected chi connectivity index (χ0v) is 12.4. The maximum absolute atomic E-state index is 11.3. The van der Waals surface area contributed by atoms with Crippen molar-refractivity contribution >= 4 is 17.3 Å². The van der Waals surface area contributed by atoms with Gasteiger partial charge in [-0.05, 0) is 25.0 Å². The summed E-state index contributed by atoms with van der Waals surface area (Å²) in [6, 6.07) is 7.00. The third-order valence-corrected chi connectivity index (χ3v) is 3.52. The van der Waals surface area contributed by atoms with Gasteiger partial charge in [0, 0.05) is 0 Å². The van der Waals surface area contributed by atoms with Crippen molar-refractivity contribution in [3.63, 3.8) is 0 Å². The monoisotopic (exact) mass is 304 g/mol. The first kappa shape index (κ1) is 15.0. The summed E-state index contributed by atoms with van der Waals surface area (Å²) in [6.45, 7) is 3.62. The molecule has 0 spiro atoms. The minimum absolute atomic E-state index is 0.0175. The molecule has 0 fully saturated rings. The second-order valence-electron chi connectivity index (χ2n) is 4.36. The van der Waals surface area contributed by atoms with E-state index in [1.165, 1.54) is 4.68 Å². The standard InChI is InChI=1S/C14H13ClN4O2/c1-3-11-14(19(20)21)12(4-2)18(17-11)13-7-5-6-10(15)9(13)8-16/h5-7H,3-4H2,1-2H3. The highest BCUT2D eigenvalue weighted by Crippen LogP contribution is 2.30. The molecule has 0 bridgehead atoms. The SMILES string of the molecule is CCc1nn(-c2cccc(Cl)c2C#N)c(CC)c1[N+](=O)[O-]. The molecule has 0 unspecified atom stereocenters. The Bertz CT molecular complexity index is 746. The van der Waals surface area contributed by atoms with E-state index in [2.05, 4.69) is 5.10 Å². The molecule has 0 aliphatic rings. The fraction of sp³-hybridized carbons (Fsp3) is 0.286. The summed E-state index contributed by atoms with van der Waals surface area (Å²) in [6.07, 6.45) is 0.874. The largest absolute Gasteiger partial charge is 0.313 e. The Labute approximate surface area is 126 Å². The molecule has 7 heteroatoms. The predicted molar refractivity (Wildman–Crippen MR) is 78.7 cm³/mol. The van der Waals surface area contributed by atoms with Crippen LogP contribution in [-0.4, -0.2) is 14.7 Å². The van der Waals surface area contributed by atoms with Gasteiger partial charge in [0.25, 0.3) is 0 Å². The van der Waals surface area contributed by atoms with Crippen molar-refractivity contribution < 1.29 is 4.92 Å². The molecule has 0 radical (unpaired) electrons. The number of nitriles is 1. The number of rotatable bonds is 4. The highest BCUT2D eigenvalue weighted by molar-refractivity contribution is 6.32. The Morgan fingerprint density at radius 1 is 1.43 bits per heavy atom. The van der Waals surface area contributed by atoms with Crippen molar-refractivity contribution in [2.45, 2.75) is 26.7 Å². The third-order valence-electron chi connectivity index (χ3n) is 3.21. The third kappa shape index (κ3) is 2.48. The van der Waals surface area contributed by atoms with Crippen LogP contribution in [0.5, 0.6) is 0 Å². The van der Waals surface area contributed by atoms with Crippen molar-refractivity contribution in [1.29, 1.82) is 5.26 Å². The topological polar surface area (TPSA) is 84.8 Å². The van der Waals surface area contributed by atoms with Crippen molar-refractivity contribution in [1.82, 2.24) is 9.78 Å². The number of nitro groups is 1. The summed E-state index contributed by atoms with van der Waals surface area (Å²) in [5, 5.41) is 25.2. The lowest BCUT2D eigenvalue weighted by atomic mass is 10.1. The van der Waals surface area contributed by atoms with E-state index in [0.717, 1.165) is 0 Å². The van der Waals surface area contributed by atoms with Crippen LogP contribution in [0.1, 0.15) is 30.8 Å². The van der Waals surface area contributed by atoms with Crippen LogP contribution in [0.3, 0.4) is 0 Å². The summed E-state index contributed by atoms with van der Waals surface area (Å²) in [4.78, 5) is 10.9. The number of aromatic nitrogens is 2. The first-order chi connectivity index (χ1) is 10.0. The quantitative estimate of drug-likeness (QED) is 0.639. The summed E-state index contributed by atoms with van der Waals surface area (Å²) < 4.78 is 1.46.